The number of ether oxygens (including phenoxy) is 12. The first-order chi connectivity index (χ1) is 35.1. The van der Waals surface area contributed by atoms with Crippen LogP contribution < -0.4 is 23.7 Å². The summed E-state index contributed by atoms with van der Waals surface area (Å²) in [5.74, 6) is -0.657. The van der Waals surface area contributed by atoms with Crippen LogP contribution in [-0.2, 0) is 58.8 Å². The quantitative estimate of drug-likeness (QED) is 0.0490. The molecule has 0 aliphatic heterocycles. The molecule has 0 bridgehead atoms. The van der Waals surface area contributed by atoms with Gasteiger partial charge in [-0.05, 0) is 119 Å². The van der Waals surface area contributed by atoms with Crippen LogP contribution in [-0.4, -0.2) is 127 Å². The van der Waals surface area contributed by atoms with Crippen molar-refractivity contribution in [3.63, 3.8) is 0 Å². The van der Waals surface area contributed by atoms with E-state index in [0.717, 1.165) is 32.3 Å². The Labute approximate surface area is 448 Å². The number of carbonyl (C=O) groups is 3. The zero-order valence-corrected chi connectivity index (χ0v) is 45.6. The molecule has 0 saturated carbocycles. The lowest BCUT2D eigenvalue weighted by Crippen LogP contribution is -2.41. The number of hydrogen-bond acceptors (Lipinski definition) is 17. The Bertz CT molecular complexity index is 2430. The molecule has 18 nitrogen and oxygen atoms in total. The molecule has 2 aliphatic rings. The largest absolute Gasteiger partial charge is 0.478 e. The summed E-state index contributed by atoms with van der Waals surface area (Å²) < 4.78 is 66.3. The van der Waals surface area contributed by atoms with Crippen molar-refractivity contribution >= 4 is 65.7 Å². The molecule has 5 aromatic carbocycles. The lowest BCUT2D eigenvalue weighted by molar-refractivity contribution is -0.0390. The van der Waals surface area contributed by atoms with Crippen molar-refractivity contribution in [2.75, 3.05) is 69.5 Å². The molecule has 2 aliphatic carbocycles. The van der Waals surface area contributed by atoms with Gasteiger partial charge in [0.1, 0.15) is 49.9 Å². The van der Waals surface area contributed by atoms with Crippen LogP contribution in [0.25, 0.3) is 0 Å². The number of carbonyl (C=O) groups excluding carboxylic acids is 2. The molecule has 0 aromatic heterocycles. The van der Waals surface area contributed by atoms with Gasteiger partial charge in [0.25, 0.3) is 0 Å². The third-order valence-corrected chi connectivity index (χ3v) is 13.5. The number of benzene rings is 5. The fraction of sp³-hybridized carbons (Fsp3) is 0.365. The van der Waals surface area contributed by atoms with Crippen LogP contribution in [0.5, 0.6) is 28.7 Å². The molecule has 0 heterocycles. The molecule has 73 heavy (non-hydrogen) atoms. The highest BCUT2D eigenvalue weighted by Crippen LogP contribution is 2.39. The lowest BCUT2D eigenvalue weighted by Gasteiger charge is -2.32. The van der Waals surface area contributed by atoms with Crippen molar-refractivity contribution in [1.82, 2.24) is 0 Å². The number of carboxylic acids is 1. The minimum Gasteiger partial charge on any atom is -0.478 e. The van der Waals surface area contributed by atoms with Gasteiger partial charge in [-0.2, -0.15) is 0 Å². The summed E-state index contributed by atoms with van der Waals surface area (Å²) in [4.78, 5) is 38.0. The van der Waals surface area contributed by atoms with Gasteiger partial charge in [0.05, 0.1) is 33.4 Å². The van der Waals surface area contributed by atoms with Gasteiger partial charge in [-0.3, -0.25) is 0 Å². The monoisotopic (exact) mass is 1210 g/mol. The Morgan fingerprint density at radius 3 is 1.05 bits per heavy atom. The van der Waals surface area contributed by atoms with Crippen LogP contribution in [0.1, 0.15) is 58.9 Å². The third kappa shape index (κ3) is 16.8. The number of hydrogen-bond donors (Lipinski definition) is 3. The maximum Gasteiger partial charge on any atom is 0.338 e. The van der Waals surface area contributed by atoms with Gasteiger partial charge in [0.15, 0.2) is 34.0 Å². The van der Waals surface area contributed by atoms with Crippen LogP contribution >= 0.6 is 47.8 Å². The van der Waals surface area contributed by atoms with Crippen molar-refractivity contribution in [2.45, 2.75) is 57.0 Å². The number of methoxy groups -OCH3 is 5. The molecule has 394 valence electrons. The first kappa shape index (κ1) is 58.6. The molecule has 21 heteroatoms. The topological polar surface area (TPSA) is 223 Å². The Morgan fingerprint density at radius 1 is 0.466 bits per heavy atom. The van der Waals surface area contributed by atoms with Crippen LogP contribution in [0.3, 0.4) is 0 Å². The predicted octanol–water partition coefficient (Wildman–Crippen LogP) is 8.64. The zero-order valence-electron chi connectivity index (χ0n) is 40.9. The molecular weight excluding hydrogens is 1150 g/mol. The van der Waals surface area contributed by atoms with Gasteiger partial charge in [-0.1, -0.05) is 48.5 Å². The summed E-state index contributed by atoms with van der Waals surface area (Å²) >= 11 is 10.2. The number of carboxylic acid groups (broad SMARTS) is 1. The van der Waals surface area contributed by atoms with Gasteiger partial charge in [0, 0.05) is 61.2 Å². The number of aliphatic hydroxyl groups excluding tert-OH is 2. The molecule has 0 fully saturated rings. The standard InChI is InChI=1S/C32H34Br2O12.C10H11BrO4.C10H12O2/c1-37-15-41-25-11-21(12-26(29(25)33)42-16-38-2)31(35)45-23-9-19-7-5-6-8-20(19)10-24(23)46-32(36)22-13-27(43-17-39-3)30(34)28(14-22)44-18-40-4;1-6-3-7(10(12)13)4-8(9(6)11)15-5-14-2;11-9-5-7-3-1-2-4-8(7)6-10(9)12/h5-8,11-14,23-24H,9-10,15-18H2,1-4H3;3-4H,5H2,1-2H3,(H,12,13);1-4,9-12H,5-6H2/t23-,24+;;9-,10+. The maximum absolute atomic E-state index is 13.6. The first-order valence-corrected chi connectivity index (χ1v) is 24.7. The molecule has 0 radical (unpaired) electrons. The highest BCUT2D eigenvalue weighted by atomic mass is 79.9. The van der Waals surface area contributed by atoms with E-state index in [4.69, 9.17) is 61.9 Å². The van der Waals surface area contributed by atoms with Crippen molar-refractivity contribution in [1.29, 1.82) is 0 Å². The van der Waals surface area contributed by atoms with E-state index in [-0.39, 0.29) is 50.7 Å². The molecular formula is C52H57Br3O18. The molecule has 4 atom stereocenters. The number of halogens is 3. The smallest absolute Gasteiger partial charge is 0.338 e. The average Bonchev–Trinajstić information content (AvgIpc) is 3.38. The summed E-state index contributed by atoms with van der Waals surface area (Å²) in [6, 6.07) is 24.7. The van der Waals surface area contributed by atoms with Crippen molar-refractivity contribution in [2.24, 2.45) is 0 Å². The lowest BCUT2D eigenvalue weighted by atomic mass is 9.87. The van der Waals surface area contributed by atoms with E-state index in [9.17, 15) is 24.6 Å². The van der Waals surface area contributed by atoms with Gasteiger partial charge < -0.3 is 72.2 Å². The van der Waals surface area contributed by atoms with Crippen molar-refractivity contribution < 1.29 is 86.5 Å². The second-order valence-corrected chi connectivity index (χ2v) is 18.5. The van der Waals surface area contributed by atoms with Gasteiger partial charge in [-0.25, -0.2) is 14.4 Å². The van der Waals surface area contributed by atoms with E-state index in [2.05, 4.69) is 47.8 Å². The van der Waals surface area contributed by atoms with E-state index >= 15 is 0 Å². The highest BCUT2D eigenvalue weighted by molar-refractivity contribution is 9.11. The first-order valence-electron chi connectivity index (χ1n) is 22.3. The summed E-state index contributed by atoms with van der Waals surface area (Å²) in [6.07, 6.45) is -0.993. The van der Waals surface area contributed by atoms with Crippen LogP contribution in [0.2, 0.25) is 0 Å². The number of aliphatic hydroxyl groups is 2. The fourth-order valence-electron chi connectivity index (χ4n) is 7.35. The molecule has 0 spiro atoms. The zero-order chi connectivity index (χ0) is 53.0. The minimum absolute atomic E-state index is 0.0647. The Balaban J connectivity index is 0.000000293. The van der Waals surface area contributed by atoms with Crippen LogP contribution in [0.4, 0.5) is 0 Å². The number of fused-ring (bicyclic) bond motifs is 2. The van der Waals surface area contributed by atoms with E-state index in [1.807, 2.05) is 48.5 Å². The summed E-state index contributed by atoms with van der Waals surface area (Å²) in [5, 5.41) is 27.6. The Hall–Kier alpha value is -5.33. The van der Waals surface area contributed by atoms with Crippen LogP contribution in [0, 0.1) is 6.92 Å². The van der Waals surface area contributed by atoms with Gasteiger partial charge in [-0.15, -0.1) is 0 Å². The molecule has 3 N–H and O–H groups in total. The summed E-state index contributed by atoms with van der Waals surface area (Å²) in [6.45, 7) is 1.63. The van der Waals surface area contributed by atoms with E-state index in [1.165, 1.54) is 65.9 Å². The Kier molecular flexibility index (Phi) is 23.7. The molecule has 7 rings (SSSR count). The number of aryl methyl sites for hydroxylation is 1. The van der Waals surface area contributed by atoms with E-state index in [0.29, 0.717) is 63.4 Å². The minimum atomic E-state index is -0.979. The van der Waals surface area contributed by atoms with Gasteiger partial charge >= 0.3 is 17.9 Å². The maximum atomic E-state index is 13.6. The summed E-state index contributed by atoms with van der Waals surface area (Å²) in [7, 11) is 7.41. The van der Waals surface area contributed by atoms with Crippen molar-refractivity contribution in [3.05, 3.63) is 143 Å². The van der Waals surface area contributed by atoms with Crippen LogP contribution in [0.15, 0.2) is 98.3 Å². The van der Waals surface area contributed by atoms with E-state index < -0.39 is 42.3 Å². The predicted molar refractivity (Wildman–Crippen MR) is 275 cm³/mol. The average molecular weight is 1210 g/mol. The SMILES string of the molecule is COCOc1cc(C(=O)O)cc(C)c1Br.COCOc1cc(C(=O)O[C@H]2Cc3ccccc3C[C@H]2OC(=O)c2cc(OCOC)c(Br)c(OCOC)c2)cc(OCOC)c1Br.O[C@@H]1Cc2ccccc2C[C@@H]1O. The number of aromatic carboxylic acids is 1. The highest BCUT2D eigenvalue weighted by Gasteiger charge is 2.36. The second-order valence-electron chi connectivity index (χ2n) is 16.1. The molecule has 0 unspecified atom stereocenters. The molecule has 5 aromatic rings. The van der Waals surface area contributed by atoms with Crippen molar-refractivity contribution in [3.8, 4) is 28.7 Å². The Morgan fingerprint density at radius 2 is 0.753 bits per heavy atom. The molecule has 0 saturated heterocycles. The van der Waals surface area contributed by atoms with E-state index in [1.54, 1.807) is 13.0 Å². The van der Waals surface area contributed by atoms with Gasteiger partial charge in [0.2, 0.25) is 0 Å². The molecule has 0 amide bonds. The number of esters is 2. The normalized spacial score (nSPS) is 16.4. The fourth-order valence-corrected chi connectivity index (χ4v) is 8.61. The second kappa shape index (κ2) is 29.5. The third-order valence-electron chi connectivity index (χ3n) is 10.9. The number of rotatable bonds is 20. The summed E-state index contributed by atoms with van der Waals surface area (Å²) in [5.41, 5.74) is 5.58.